The summed E-state index contributed by atoms with van der Waals surface area (Å²) in [7, 11) is -1.13. The Labute approximate surface area is 102 Å². The monoisotopic (exact) mass is 200 g/mol. The van der Waals surface area contributed by atoms with Gasteiger partial charge < -0.3 is 5.54 Å². The first-order valence-electron chi connectivity index (χ1n) is 5.44. The average molecular weight is 200 g/mol. The van der Waals surface area contributed by atoms with E-state index in [9.17, 15) is 0 Å². The molecule has 0 bridgehead atoms. The zero-order chi connectivity index (χ0) is 9.73. The van der Waals surface area contributed by atoms with E-state index in [1.165, 1.54) is 32.1 Å². The molecule has 0 aromatic rings. The molecule has 0 heterocycles. The zero-order valence-corrected chi connectivity index (χ0v) is 11.2. The molecular formula is C12H21LiSi. The van der Waals surface area contributed by atoms with Crippen molar-refractivity contribution in [3.05, 3.63) is 6.42 Å². The van der Waals surface area contributed by atoms with Crippen LogP contribution in [0.3, 0.4) is 0 Å². The molecule has 1 saturated carbocycles. The molecule has 0 aromatic carbocycles. The first-order chi connectivity index (χ1) is 6.08. The Hall–Kier alpha value is 0.244. The summed E-state index contributed by atoms with van der Waals surface area (Å²) in [6.45, 7) is 6.90. The van der Waals surface area contributed by atoms with Gasteiger partial charge in [0.1, 0.15) is 0 Å². The van der Waals surface area contributed by atoms with Crippen molar-refractivity contribution in [3.63, 3.8) is 0 Å². The van der Waals surface area contributed by atoms with Crippen LogP contribution in [-0.2, 0) is 0 Å². The molecule has 0 amide bonds. The van der Waals surface area contributed by atoms with Gasteiger partial charge in [0.05, 0.1) is 0 Å². The van der Waals surface area contributed by atoms with Gasteiger partial charge in [0.15, 0.2) is 0 Å². The van der Waals surface area contributed by atoms with Gasteiger partial charge in [-0.15, -0.1) is 0 Å². The molecule has 0 N–H and O–H groups in total. The molecule has 1 rings (SSSR count). The van der Waals surface area contributed by atoms with Crippen molar-refractivity contribution in [2.24, 2.45) is 5.92 Å². The molecule has 1 aliphatic rings. The molecule has 0 radical (unpaired) electrons. The number of rotatable bonds is 1. The third kappa shape index (κ3) is 6.66. The number of hydrogen-bond donors (Lipinski definition) is 0. The fourth-order valence-corrected chi connectivity index (χ4v) is 2.19. The molecule has 14 heavy (non-hydrogen) atoms. The summed E-state index contributed by atoms with van der Waals surface area (Å²) in [6.07, 6.45) is 9.27. The molecule has 74 valence electrons. The van der Waals surface area contributed by atoms with Crippen molar-refractivity contribution in [2.45, 2.75) is 51.7 Å². The molecule has 0 atom stereocenters. The zero-order valence-electron chi connectivity index (χ0n) is 10.2. The number of hydrogen-bond acceptors (Lipinski definition) is 0. The summed E-state index contributed by atoms with van der Waals surface area (Å²) < 4.78 is 0. The minimum absolute atomic E-state index is 0. The molecule has 0 spiro atoms. The van der Waals surface area contributed by atoms with E-state index in [-0.39, 0.29) is 18.9 Å². The normalized spacial score (nSPS) is 17.6. The Kier molecular flexibility index (Phi) is 6.79. The predicted octanol–water partition coefficient (Wildman–Crippen LogP) is 0.656. The Morgan fingerprint density at radius 1 is 1.07 bits per heavy atom. The molecule has 2 heteroatoms. The Bertz CT molecular complexity index is 201. The summed E-state index contributed by atoms with van der Waals surface area (Å²) in [4.78, 5) is 0. The Balaban J connectivity index is 0.00000169. The average Bonchev–Trinajstić information content (AvgIpc) is 2.04. The SMILES string of the molecule is C[Si](C)(C)C#C[CH-]C1CCCCC1.[Li+]. The van der Waals surface area contributed by atoms with E-state index < -0.39 is 8.07 Å². The van der Waals surface area contributed by atoms with Crippen LogP contribution in [0.2, 0.25) is 19.6 Å². The minimum Gasteiger partial charge on any atom is -0.332 e. The van der Waals surface area contributed by atoms with Crippen LogP contribution in [0, 0.1) is 23.8 Å². The topological polar surface area (TPSA) is 0 Å². The van der Waals surface area contributed by atoms with Crippen molar-refractivity contribution < 1.29 is 18.9 Å². The van der Waals surface area contributed by atoms with Crippen LogP contribution in [0.25, 0.3) is 0 Å². The molecule has 1 aliphatic carbocycles. The molecule has 0 saturated heterocycles. The van der Waals surface area contributed by atoms with Crippen LogP contribution < -0.4 is 18.9 Å². The predicted molar refractivity (Wildman–Crippen MR) is 62.0 cm³/mol. The van der Waals surface area contributed by atoms with Crippen molar-refractivity contribution in [3.8, 4) is 11.5 Å². The standard InChI is InChI=1S/C12H21Si.Li/c1-13(2,3)11-7-10-12-8-5-4-6-9-12;/h10,12H,4-6,8-9H2,1-3H3;/q-1;+1. The maximum Gasteiger partial charge on any atom is 1.00 e. The minimum atomic E-state index is -1.13. The van der Waals surface area contributed by atoms with E-state index >= 15 is 0 Å². The maximum atomic E-state index is 3.40. The molecule has 0 aliphatic heterocycles. The fraction of sp³-hybridized carbons (Fsp3) is 0.750. The molecule has 0 aromatic heterocycles. The largest absolute Gasteiger partial charge is 1.00 e. The summed E-state index contributed by atoms with van der Waals surface area (Å²) in [6, 6.07) is 0. The second-order valence-corrected chi connectivity index (χ2v) is 9.83. The van der Waals surface area contributed by atoms with Gasteiger partial charge in [0, 0.05) is 8.07 Å². The van der Waals surface area contributed by atoms with Crippen molar-refractivity contribution in [1.29, 1.82) is 0 Å². The van der Waals surface area contributed by atoms with Crippen LogP contribution in [-0.4, -0.2) is 8.07 Å². The van der Waals surface area contributed by atoms with E-state index in [0.29, 0.717) is 0 Å². The quantitative estimate of drug-likeness (QED) is 0.331. The van der Waals surface area contributed by atoms with Crippen LogP contribution in [0.15, 0.2) is 0 Å². The van der Waals surface area contributed by atoms with Crippen molar-refractivity contribution >= 4 is 8.07 Å². The van der Waals surface area contributed by atoms with Gasteiger partial charge in [-0.2, -0.15) is 6.42 Å². The summed E-state index contributed by atoms with van der Waals surface area (Å²) >= 11 is 0. The van der Waals surface area contributed by atoms with E-state index in [2.05, 4.69) is 37.5 Å². The van der Waals surface area contributed by atoms with E-state index in [4.69, 9.17) is 0 Å². The van der Waals surface area contributed by atoms with Gasteiger partial charge in [-0.1, -0.05) is 57.7 Å². The van der Waals surface area contributed by atoms with Crippen molar-refractivity contribution in [1.82, 2.24) is 0 Å². The third-order valence-corrected chi connectivity index (χ3v) is 3.31. The molecular weight excluding hydrogens is 179 g/mol. The molecule has 0 unspecified atom stereocenters. The molecule has 0 nitrogen and oxygen atoms in total. The summed E-state index contributed by atoms with van der Waals surface area (Å²) in [5.74, 6) is 4.09. The van der Waals surface area contributed by atoms with Crippen LogP contribution in [0.5, 0.6) is 0 Å². The van der Waals surface area contributed by atoms with Crippen molar-refractivity contribution in [2.75, 3.05) is 0 Å². The van der Waals surface area contributed by atoms with Crippen LogP contribution in [0.1, 0.15) is 32.1 Å². The smallest absolute Gasteiger partial charge is 0.332 e. The second-order valence-electron chi connectivity index (χ2n) is 5.08. The van der Waals surface area contributed by atoms with Gasteiger partial charge >= 0.3 is 18.9 Å². The van der Waals surface area contributed by atoms with E-state index in [1.807, 2.05) is 0 Å². The Morgan fingerprint density at radius 3 is 2.14 bits per heavy atom. The van der Waals surface area contributed by atoms with Crippen LogP contribution >= 0.6 is 0 Å². The maximum absolute atomic E-state index is 3.40. The summed E-state index contributed by atoms with van der Waals surface area (Å²) in [5.41, 5.74) is 3.40. The van der Waals surface area contributed by atoms with Gasteiger partial charge in [0.25, 0.3) is 0 Å². The van der Waals surface area contributed by atoms with Gasteiger partial charge in [-0.25, -0.2) is 0 Å². The van der Waals surface area contributed by atoms with Gasteiger partial charge in [-0.3, -0.25) is 5.92 Å². The third-order valence-electron chi connectivity index (χ3n) is 2.42. The van der Waals surface area contributed by atoms with Gasteiger partial charge in [0.2, 0.25) is 0 Å². The second kappa shape index (κ2) is 6.68. The van der Waals surface area contributed by atoms with Crippen LogP contribution in [0.4, 0.5) is 0 Å². The molecule has 1 fully saturated rings. The van der Waals surface area contributed by atoms with Gasteiger partial charge in [-0.05, 0) is 0 Å². The van der Waals surface area contributed by atoms with E-state index in [1.54, 1.807) is 0 Å². The first-order valence-corrected chi connectivity index (χ1v) is 8.94. The summed E-state index contributed by atoms with van der Waals surface area (Å²) in [5, 5.41) is 0. The Morgan fingerprint density at radius 2 is 1.64 bits per heavy atom. The first kappa shape index (κ1) is 14.2. The van der Waals surface area contributed by atoms with E-state index in [0.717, 1.165) is 5.92 Å². The fourth-order valence-electron chi connectivity index (χ4n) is 1.68.